The number of esters is 1. The molecule has 0 N–H and O–H groups in total. The molecule has 8 nitrogen and oxygen atoms in total. The SMILES string of the molecule is COC(=O)c1ccc(C(C)N2C[C@@H](C)n3nc4c(c3C2=O)CN(C(=O)c2ccc(Cl)c(Cl)c2)[C@H](C)C4)cc1. The number of fused-ring (bicyclic) bond motifs is 3. The number of hydrogen-bond donors (Lipinski definition) is 0. The first-order valence-electron chi connectivity index (χ1n) is 12.5. The summed E-state index contributed by atoms with van der Waals surface area (Å²) in [6.07, 6.45) is 0.549. The monoisotopic (exact) mass is 554 g/mol. The summed E-state index contributed by atoms with van der Waals surface area (Å²) in [7, 11) is 1.34. The van der Waals surface area contributed by atoms with E-state index in [-0.39, 0.29) is 36.5 Å². The van der Waals surface area contributed by atoms with E-state index in [0.717, 1.165) is 16.8 Å². The molecule has 3 aromatic rings. The van der Waals surface area contributed by atoms with Crippen LogP contribution in [-0.2, 0) is 17.7 Å². The Balaban J connectivity index is 1.44. The second-order valence-electron chi connectivity index (χ2n) is 9.93. The molecule has 198 valence electrons. The summed E-state index contributed by atoms with van der Waals surface area (Å²) >= 11 is 12.2. The van der Waals surface area contributed by atoms with Crippen molar-refractivity contribution in [3.05, 3.63) is 86.2 Å². The van der Waals surface area contributed by atoms with Crippen molar-refractivity contribution in [3.8, 4) is 0 Å². The zero-order chi connectivity index (χ0) is 27.3. The van der Waals surface area contributed by atoms with Crippen LogP contribution in [0, 0.1) is 0 Å². The summed E-state index contributed by atoms with van der Waals surface area (Å²) in [6.45, 7) is 6.76. The first-order chi connectivity index (χ1) is 18.1. The van der Waals surface area contributed by atoms with E-state index in [1.807, 2.05) is 42.5 Å². The van der Waals surface area contributed by atoms with E-state index in [1.54, 1.807) is 35.2 Å². The molecule has 1 unspecified atom stereocenters. The van der Waals surface area contributed by atoms with Crippen LogP contribution < -0.4 is 0 Å². The van der Waals surface area contributed by atoms with Crippen LogP contribution in [0.4, 0.5) is 0 Å². The fourth-order valence-electron chi connectivity index (χ4n) is 5.29. The van der Waals surface area contributed by atoms with Crippen molar-refractivity contribution in [1.29, 1.82) is 0 Å². The molecule has 3 heterocycles. The number of amides is 2. The second kappa shape index (κ2) is 10.1. The second-order valence-corrected chi connectivity index (χ2v) is 10.7. The molecular formula is C28H28Cl2N4O4. The first-order valence-corrected chi connectivity index (χ1v) is 13.2. The number of benzene rings is 2. The molecule has 0 aliphatic carbocycles. The standard InChI is InChI=1S/C28H28Cl2N4O4/c1-15-11-24-21(14-32(15)26(35)20-9-10-22(29)23(30)12-20)25-27(36)33(13-16(2)34(25)31-24)17(3)18-5-7-19(8-6-18)28(37)38-4/h5-10,12,15-17H,11,13-14H2,1-4H3/t15-,16-,17?/m1/s1. The molecule has 0 spiro atoms. The molecule has 1 aromatic heterocycles. The predicted octanol–water partition coefficient (Wildman–Crippen LogP) is 5.34. The number of ether oxygens (including phenoxy) is 1. The molecule has 2 aliphatic heterocycles. The first kappa shape index (κ1) is 26.3. The molecule has 0 radical (unpaired) electrons. The maximum atomic E-state index is 13.9. The average molecular weight is 555 g/mol. The van der Waals surface area contributed by atoms with E-state index < -0.39 is 5.97 Å². The summed E-state index contributed by atoms with van der Waals surface area (Å²) in [4.78, 5) is 42.8. The number of rotatable bonds is 4. The lowest BCUT2D eigenvalue weighted by molar-refractivity contribution is 0.0571. The highest BCUT2D eigenvalue weighted by Gasteiger charge is 2.40. The Kier molecular flexibility index (Phi) is 6.96. The van der Waals surface area contributed by atoms with Gasteiger partial charge in [-0.05, 0) is 56.7 Å². The fraction of sp³-hybridized carbons (Fsp3) is 0.357. The number of carbonyl (C=O) groups is 3. The van der Waals surface area contributed by atoms with E-state index >= 15 is 0 Å². The van der Waals surface area contributed by atoms with Gasteiger partial charge in [-0.15, -0.1) is 0 Å². The van der Waals surface area contributed by atoms with Crippen molar-refractivity contribution >= 4 is 41.0 Å². The summed E-state index contributed by atoms with van der Waals surface area (Å²) < 4.78 is 6.60. The minimum absolute atomic E-state index is 0.0420. The normalized spacial score (nSPS) is 19.6. The average Bonchev–Trinajstić information content (AvgIpc) is 3.29. The molecule has 2 amide bonds. The lowest BCUT2D eigenvalue weighted by Crippen LogP contribution is -2.45. The van der Waals surface area contributed by atoms with Gasteiger partial charge in [0.2, 0.25) is 0 Å². The van der Waals surface area contributed by atoms with Crippen molar-refractivity contribution in [2.75, 3.05) is 13.7 Å². The molecule has 0 bridgehead atoms. The van der Waals surface area contributed by atoms with Gasteiger partial charge in [-0.1, -0.05) is 35.3 Å². The maximum absolute atomic E-state index is 13.9. The van der Waals surface area contributed by atoms with E-state index in [4.69, 9.17) is 33.0 Å². The minimum Gasteiger partial charge on any atom is -0.465 e. The molecule has 10 heteroatoms. The molecule has 5 rings (SSSR count). The van der Waals surface area contributed by atoms with Gasteiger partial charge in [0.05, 0.1) is 47.0 Å². The van der Waals surface area contributed by atoms with E-state index in [9.17, 15) is 14.4 Å². The fourth-order valence-corrected chi connectivity index (χ4v) is 5.58. The van der Waals surface area contributed by atoms with Crippen LogP contribution in [0.25, 0.3) is 0 Å². The Bertz CT molecular complexity index is 1440. The Labute approximate surface area is 231 Å². The van der Waals surface area contributed by atoms with Crippen LogP contribution in [0.5, 0.6) is 0 Å². The van der Waals surface area contributed by atoms with Gasteiger partial charge in [0.15, 0.2) is 0 Å². The molecule has 0 saturated heterocycles. The third-order valence-corrected chi connectivity index (χ3v) is 8.23. The third-order valence-electron chi connectivity index (χ3n) is 7.49. The van der Waals surface area contributed by atoms with Crippen LogP contribution in [-0.4, -0.2) is 57.1 Å². The largest absolute Gasteiger partial charge is 0.465 e. The van der Waals surface area contributed by atoms with Crippen molar-refractivity contribution < 1.29 is 19.1 Å². The van der Waals surface area contributed by atoms with Gasteiger partial charge in [0.25, 0.3) is 11.8 Å². The van der Waals surface area contributed by atoms with Crippen LogP contribution in [0.1, 0.15) is 80.9 Å². The highest BCUT2D eigenvalue weighted by atomic mass is 35.5. The zero-order valence-electron chi connectivity index (χ0n) is 21.6. The Morgan fingerprint density at radius 2 is 1.71 bits per heavy atom. The van der Waals surface area contributed by atoms with Crippen LogP contribution in [0.3, 0.4) is 0 Å². The highest BCUT2D eigenvalue weighted by molar-refractivity contribution is 6.42. The van der Waals surface area contributed by atoms with Crippen LogP contribution in [0.15, 0.2) is 42.5 Å². The van der Waals surface area contributed by atoms with Crippen LogP contribution >= 0.6 is 23.2 Å². The van der Waals surface area contributed by atoms with Gasteiger partial charge in [0.1, 0.15) is 5.69 Å². The summed E-state index contributed by atoms with van der Waals surface area (Å²) in [5.41, 5.74) is 3.96. The predicted molar refractivity (Wildman–Crippen MR) is 144 cm³/mol. The number of carbonyl (C=O) groups excluding carboxylic acids is 3. The molecule has 2 aliphatic rings. The van der Waals surface area contributed by atoms with Gasteiger partial charge in [-0.25, -0.2) is 4.79 Å². The number of nitrogens with zero attached hydrogens (tertiary/aromatic N) is 4. The van der Waals surface area contributed by atoms with Crippen molar-refractivity contribution in [2.45, 2.75) is 51.9 Å². The van der Waals surface area contributed by atoms with Gasteiger partial charge in [-0.3, -0.25) is 14.3 Å². The lowest BCUT2D eigenvalue weighted by Gasteiger charge is -2.37. The Morgan fingerprint density at radius 1 is 1.03 bits per heavy atom. The zero-order valence-corrected chi connectivity index (χ0v) is 23.1. The number of methoxy groups -OCH3 is 1. The quantitative estimate of drug-likeness (QED) is 0.406. The number of halogens is 2. The van der Waals surface area contributed by atoms with Crippen molar-refractivity contribution in [1.82, 2.24) is 19.6 Å². The number of hydrogen-bond acceptors (Lipinski definition) is 5. The van der Waals surface area contributed by atoms with E-state index in [0.29, 0.717) is 39.8 Å². The van der Waals surface area contributed by atoms with Crippen LogP contribution in [0.2, 0.25) is 10.0 Å². The van der Waals surface area contributed by atoms with Gasteiger partial charge in [-0.2, -0.15) is 5.10 Å². The molecule has 2 aromatic carbocycles. The van der Waals surface area contributed by atoms with Crippen molar-refractivity contribution in [3.63, 3.8) is 0 Å². The summed E-state index contributed by atoms with van der Waals surface area (Å²) in [5.74, 6) is -0.705. The summed E-state index contributed by atoms with van der Waals surface area (Å²) in [6, 6.07) is 11.6. The molecule has 0 fully saturated rings. The van der Waals surface area contributed by atoms with Crippen molar-refractivity contribution in [2.24, 2.45) is 0 Å². The van der Waals surface area contributed by atoms with E-state index in [1.165, 1.54) is 7.11 Å². The van der Waals surface area contributed by atoms with E-state index in [2.05, 4.69) is 0 Å². The van der Waals surface area contributed by atoms with Gasteiger partial charge < -0.3 is 14.5 Å². The third kappa shape index (κ3) is 4.46. The molecule has 3 atom stereocenters. The molecular weight excluding hydrogens is 527 g/mol. The van der Waals surface area contributed by atoms with Gasteiger partial charge >= 0.3 is 5.97 Å². The summed E-state index contributed by atoms with van der Waals surface area (Å²) in [5, 5.41) is 5.52. The number of aromatic nitrogens is 2. The highest BCUT2D eigenvalue weighted by Crippen LogP contribution is 2.35. The molecule has 0 saturated carbocycles. The Hall–Kier alpha value is -3.36. The molecule has 38 heavy (non-hydrogen) atoms. The maximum Gasteiger partial charge on any atom is 0.337 e. The Morgan fingerprint density at radius 3 is 2.37 bits per heavy atom. The lowest BCUT2D eigenvalue weighted by atomic mass is 9.96. The van der Waals surface area contributed by atoms with Gasteiger partial charge in [0, 0.05) is 30.1 Å². The topological polar surface area (TPSA) is 84.7 Å². The minimum atomic E-state index is -0.406. The smallest absolute Gasteiger partial charge is 0.337 e.